The first-order chi connectivity index (χ1) is 14.7. The van der Waals surface area contributed by atoms with E-state index in [0.29, 0.717) is 6.16 Å². The van der Waals surface area contributed by atoms with Crippen LogP contribution in [0, 0.1) is 0 Å². The van der Waals surface area contributed by atoms with E-state index in [9.17, 15) is 4.79 Å². The second-order valence-electron chi connectivity index (χ2n) is 7.42. The summed E-state index contributed by atoms with van der Waals surface area (Å²) >= 11 is 0. The van der Waals surface area contributed by atoms with Crippen molar-refractivity contribution in [3.05, 3.63) is 127 Å². The Balaban J connectivity index is 2.23. The molecule has 0 radical (unpaired) electrons. The quantitative estimate of drug-likeness (QED) is 0.392. The van der Waals surface area contributed by atoms with Crippen molar-refractivity contribution in [3.63, 3.8) is 0 Å². The third kappa shape index (κ3) is 2.96. The summed E-state index contributed by atoms with van der Waals surface area (Å²) in [5.41, 5.74) is 0.936. The van der Waals surface area contributed by atoms with E-state index in [1.54, 1.807) is 0 Å². The van der Waals surface area contributed by atoms with Crippen molar-refractivity contribution in [3.8, 4) is 0 Å². The van der Waals surface area contributed by atoms with Crippen LogP contribution in [0.5, 0.6) is 0 Å². The topological polar surface area (TPSA) is 26.3 Å². The summed E-state index contributed by atoms with van der Waals surface area (Å²) in [6.07, 6.45) is 0.567. The van der Waals surface area contributed by atoms with Crippen LogP contribution in [-0.2, 0) is 10.9 Å². The van der Waals surface area contributed by atoms with Gasteiger partial charge in [-0.3, -0.25) is 0 Å². The molecule has 3 heteroatoms. The van der Waals surface area contributed by atoms with Gasteiger partial charge < -0.3 is 0 Å². The minimum absolute atomic E-state index is 0.173. The molecule has 0 N–H and O–H groups in total. The predicted molar refractivity (Wildman–Crippen MR) is 128 cm³/mol. The second-order valence-corrected chi connectivity index (χ2v) is 12.3. The number of ether oxygens (including phenoxy) is 1. The molecule has 30 heavy (non-hydrogen) atoms. The fraction of sp³-hybridized carbons (Fsp3) is 0.0741. The van der Waals surface area contributed by atoms with Crippen LogP contribution in [0.25, 0.3) is 0 Å². The Morgan fingerprint density at radius 1 is 0.600 bits per heavy atom. The van der Waals surface area contributed by atoms with Crippen molar-refractivity contribution in [2.24, 2.45) is 0 Å². The number of methoxy groups -OCH3 is 1. The number of rotatable bonds is 6. The molecule has 0 aliphatic heterocycles. The van der Waals surface area contributed by atoms with Crippen molar-refractivity contribution in [1.29, 1.82) is 0 Å². The number of carbonyl (C=O) groups excluding carboxylic acids is 1. The van der Waals surface area contributed by atoms with Crippen molar-refractivity contribution < 1.29 is 9.53 Å². The average Bonchev–Trinajstić information content (AvgIpc) is 2.84. The minimum atomic E-state index is -3.70. The van der Waals surface area contributed by atoms with E-state index in [-0.39, 0.29) is 5.71 Å². The van der Waals surface area contributed by atoms with Gasteiger partial charge in [0.2, 0.25) is 0 Å². The number of hydrogen-bond acceptors (Lipinski definition) is 2. The zero-order chi connectivity index (χ0) is 20.9. The molecule has 0 spiro atoms. The Bertz CT molecular complexity index is 1010. The van der Waals surface area contributed by atoms with E-state index in [2.05, 4.69) is 48.5 Å². The van der Waals surface area contributed by atoms with E-state index >= 15 is 0 Å². The summed E-state index contributed by atoms with van der Waals surface area (Å²) < 4.78 is 5.67. The molecule has 4 rings (SSSR count). The van der Waals surface area contributed by atoms with Crippen LogP contribution in [0.15, 0.2) is 121 Å². The Kier molecular flexibility index (Phi) is 5.53. The van der Waals surface area contributed by atoms with Gasteiger partial charge in [-0.15, -0.1) is 0 Å². The molecule has 2 nitrogen and oxygen atoms in total. The molecule has 0 aromatic heterocycles. The first-order valence-corrected chi connectivity index (χ1v) is 12.4. The van der Waals surface area contributed by atoms with E-state index in [0.717, 1.165) is 21.5 Å². The van der Waals surface area contributed by atoms with Gasteiger partial charge in [-0.05, 0) is 0 Å². The SMILES string of the molecule is COC(=O)P(Cc1ccccc1)(c1ccccc1)(c1ccccc1)c1ccccc1. The molecule has 4 aromatic rings. The van der Waals surface area contributed by atoms with E-state index in [1.165, 1.54) is 7.11 Å². The molecule has 0 amide bonds. The van der Waals surface area contributed by atoms with Crippen LogP contribution >= 0.6 is 6.60 Å². The summed E-state index contributed by atoms with van der Waals surface area (Å²) in [5, 5.41) is 3.03. The van der Waals surface area contributed by atoms with Crippen LogP contribution < -0.4 is 15.9 Å². The zero-order valence-electron chi connectivity index (χ0n) is 17.0. The summed E-state index contributed by atoms with van der Waals surface area (Å²) in [6, 6.07) is 40.8. The normalized spacial score (nSPS) is 12.5. The average molecular weight is 412 g/mol. The fourth-order valence-electron chi connectivity index (χ4n) is 4.52. The van der Waals surface area contributed by atoms with E-state index in [4.69, 9.17) is 4.74 Å². The third-order valence-corrected chi connectivity index (χ3v) is 12.2. The summed E-state index contributed by atoms with van der Waals surface area (Å²) in [5.74, 6) is 0. The monoisotopic (exact) mass is 412 g/mol. The summed E-state index contributed by atoms with van der Waals surface area (Å²) in [7, 11) is 1.50. The first kappa shape index (κ1) is 20.1. The molecule has 0 heterocycles. The Morgan fingerprint density at radius 2 is 0.933 bits per heavy atom. The van der Waals surface area contributed by atoms with Gasteiger partial charge in [0.05, 0.1) is 0 Å². The fourth-order valence-corrected chi connectivity index (χ4v) is 10.6. The zero-order valence-corrected chi connectivity index (χ0v) is 17.9. The van der Waals surface area contributed by atoms with Crippen LogP contribution in [0.3, 0.4) is 0 Å². The molecule has 150 valence electrons. The Hall–Kier alpha value is -3.22. The maximum atomic E-state index is 14.2. The molecule has 0 saturated heterocycles. The van der Waals surface area contributed by atoms with E-state index < -0.39 is 6.60 Å². The Morgan fingerprint density at radius 3 is 1.27 bits per heavy atom. The van der Waals surface area contributed by atoms with Gasteiger partial charge in [0.25, 0.3) is 0 Å². The summed E-state index contributed by atoms with van der Waals surface area (Å²) in [6.45, 7) is -3.70. The van der Waals surface area contributed by atoms with Crippen molar-refractivity contribution in [2.45, 2.75) is 6.16 Å². The number of benzene rings is 4. The van der Waals surface area contributed by atoms with Gasteiger partial charge in [-0.25, -0.2) is 0 Å². The summed E-state index contributed by atoms with van der Waals surface area (Å²) in [4.78, 5) is 14.2. The molecule has 0 aliphatic rings. The first-order valence-electron chi connectivity index (χ1n) is 10.0. The molecule has 0 atom stereocenters. The molecular formula is C27H25O2P. The molecule has 0 saturated carbocycles. The Labute approximate surface area is 178 Å². The van der Waals surface area contributed by atoms with E-state index in [1.807, 2.05) is 72.8 Å². The third-order valence-electron chi connectivity index (χ3n) is 5.90. The van der Waals surface area contributed by atoms with Gasteiger partial charge in [0.1, 0.15) is 0 Å². The predicted octanol–water partition coefficient (Wildman–Crippen LogP) is 5.48. The molecule has 0 fully saturated rings. The standard InChI is InChI=1S/C27H25O2P/c1-29-27(28)30(24-16-8-3-9-17-24,25-18-10-4-11-19-25,26-20-12-5-13-21-26)22-23-14-6-2-7-15-23/h2-21H,22H2,1H3. The van der Waals surface area contributed by atoms with Gasteiger partial charge in [-0.2, -0.15) is 0 Å². The van der Waals surface area contributed by atoms with Crippen LogP contribution in [0.1, 0.15) is 5.56 Å². The molecular weight excluding hydrogens is 387 g/mol. The molecule has 0 unspecified atom stereocenters. The number of hydrogen-bond donors (Lipinski definition) is 0. The van der Waals surface area contributed by atoms with Gasteiger partial charge in [-0.1, -0.05) is 0 Å². The van der Waals surface area contributed by atoms with Crippen molar-refractivity contribution in [2.75, 3.05) is 7.11 Å². The van der Waals surface area contributed by atoms with Crippen LogP contribution in [-0.4, -0.2) is 12.8 Å². The van der Waals surface area contributed by atoms with Crippen molar-refractivity contribution in [1.82, 2.24) is 0 Å². The second kappa shape index (κ2) is 8.26. The van der Waals surface area contributed by atoms with Gasteiger partial charge >= 0.3 is 178 Å². The van der Waals surface area contributed by atoms with Crippen molar-refractivity contribution >= 4 is 28.2 Å². The van der Waals surface area contributed by atoms with Gasteiger partial charge in [0, 0.05) is 0 Å². The maximum absolute atomic E-state index is 14.2. The molecule has 4 aromatic carbocycles. The molecule has 0 aliphatic carbocycles. The number of carbonyl (C=O) groups is 1. The van der Waals surface area contributed by atoms with Crippen LogP contribution in [0.2, 0.25) is 0 Å². The van der Waals surface area contributed by atoms with Gasteiger partial charge in [0.15, 0.2) is 0 Å². The van der Waals surface area contributed by atoms with Crippen LogP contribution in [0.4, 0.5) is 4.79 Å². The molecule has 0 bridgehead atoms.